The van der Waals surface area contributed by atoms with E-state index >= 15 is 0 Å². The molecule has 1 aromatic rings. The molecule has 1 fully saturated rings. The molecule has 1 unspecified atom stereocenters. The summed E-state index contributed by atoms with van der Waals surface area (Å²) in [4.78, 5) is 36.2. The normalized spacial score (nSPS) is 28.3. The van der Waals surface area contributed by atoms with Crippen molar-refractivity contribution < 1.29 is 64.3 Å². The molecule has 11 nitrogen and oxygen atoms in total. The number of H-pyrrole nitrogens is 1. The van der Waals surface area contributed by atoms with Gasteiger partial charge in [0.25, 0.3) is 0 Å². The van der Waals surface area contributed by atoms with E-state index in [2.05, 4.69) is 0 Å². The Morgan fingerprint density at radius 1 is 1.39 bits per heavy atom. The zero-order valence-electron chi connectivity index (χ0n) is 11.6. The Labute approximate surface area is 143 Å². The van der Waals surface area contributed by atoms with Crippen LogP contribution in [0.5, 0.6) is 0 Å². The first-order valence-corrected chi connectivity index (χ1v) is 9.55. The Kier molecular flexibility index (Phi) is 5.84. The van der Waals surface area contributed by atoms with Gasteiger partial charge in [-0.25, -0.2) is 0 Å². The van der Waals surface area contributed by atoms with Crippen molar-refractivity contribution in [1.82, 2.24) is 9.55 Å². The van der Waals surface area contributed by atoms with Crippen LogP contribution in [0, 0.1) is 0 Å². The van der Waals surface area contributed by atoms with Crippen LogP contribution in [0.15, 0.2) is 15.8 Å². The van der Waals surface area contributed by atoms with Crippen molar-refractivity contribution in [2.24, 2.45) is 0 Å². The number of aliphatic hydroxyl groups is 4. The van der Waals surface area contributed by atoms with E-state index in [0.29, 0.717) is 0 Å². The van der Waals surface area contributed by atoms with E-state index in [1.807, 2.05) is 4.98 Å². The molecule has 1 aliphatic rings. The molecule has 1 aliphatic heterocycles. The van der Waals surface area contributed by atoms with Crippen LogP contribution in [0.1, 0.15) is 6.23 Å². The molecule has 0 aromatic carbocycles. The number of aromatic amines is 1. The monoisotopic (exact) mass is 407 g/mol. The number of aliphatic carboxylic acids is 1. The van der Waals surface area contributed by atoms with Crippen molar-refractivity contribution in [3.63, 3.8) is 0 Å². The summed E-state index contributed by atoms with van der Waals surface area (Å²) in [6, 6.07) is 0. The summed E-state index contributed by atoms with van der Waals surface area (Å²) < 4.78 is 4.29. The molecular weight excluding hydrogens is 393 g/mol. The second kappa shape index (κ2) is 7.30. The average molecular weight is 407 g/mol. The molecule has 6 N–H and O–H groups in total. The third kappa shape index (κ3) is 3.77. The molecule has 0 aliphatic carbocycles. The van der Waals surface area contributed by atoms with E-state index in [9.17, 15) is 29.7 Å². The molecule has 0 spiro atoms. The summed E-state index contributed by atoms with van der Waals surface area (Å²) in [5.41, 5.74) is -1.74. The van der Waals surface area contributed by atoms with E-state index in [1.165, 1.54) is 0 Å². The summed E-state index contributed by atoms with van der Waals surface area (Å²) >= 11 is -2.49. The maximum absolute atomic E-state index is 11.9. The molecule has 2 heterocycles. The van der Waals surface area contributed by atoms with Crippen LogP contribution in [0.2, 0.25) is 0 Å². The van der Waals surface area contributed by atoms with Crippen LogP contribution in [-0.4, -0.2) is 68.9 Å². The number of nitrogens with one attached hydrogen (secondary N) is 1. The van der Waals surface area contributed by atoms with E-state index in [0.717, 1.165) is 10.8 Å². The van der Waals surface area contributed by atoms with Crippen molar-refractivity contribution >= 4 is 8.34 Å². The fourth-order valence-electron chi connectivity index (χ4n) is 2.16. The number of carboxylic acids is 1. The van der Waals surface area contributed by atoms with Crippen LogP contribution in [0.4, 0.5) is 0 Å². The topological polar surface area (TPSA) is 182 Å². The van der Waals surface area contributed by atoms with E-state index in [1.54, 1.807) is 0 Å². The average Bonchev–Trinajstić information content (AvgIpc) is 2.77. The third-order valence-electron chi connectivity index (χ3n) is 3.38. The minimum absolute atomic E-state index is 0.0348. The molecule has 12 heteroatoms. The number of nitrogens with zero attached hydrogens (tertiary/aromatic N) is 1. The van der Waals surface area contributed by atoms with Gasteiger partial charge in [-0.2, -0.15) is 0 Å². The molecule has 0 amide bonds. The van der Waals surface area contributed by atoms with Crippen LogP contribution < -0.4 is 13.6 Å². The first-order chi connectivity index (χ1) is 10.8. The fourth-order valence-corrected chi connectivity index (χ4v) is 4.50. The Balaban J connectivity index is 2.38. The van der Waals surface area contributed by atoms with Gasteiger partial charge in [-0.05, 0) is 0 Å². The minimum atomic E-state index is -2.49. The van der Waals surface area contributed by atoms with Gasteiger partial charge in [0.1, 0.15) is 0 Å². The Morgan fingerprint density at radius 2 is 2.04 bits per heavy atom. The molecule has 0 radical (unpaired) electrons. The molecule has 0 bridgehead atoms. The van der Waals surface area contributed by atoms with Crippen molar-refractivity contribution in [2.45, 2.75) is 27.5 Å². The Hall–Kier alpha value is -0.946. The van der Waals surface area contributed by atoms with E-state index in [-0.39, 0.29) is 2.37 Å². The first-order valence-electron chi connectivity index (χ1n) is 6.50. The molecule has 2 rings (SSSR count). The van der Waals surface area contributed by atoms with Crippen molar-refractivity contribution in [2.75, 3.05) is 6.61 Å². The van der Waals surface area contributed by atoms with Gasteiger partial charge in [-0.3, -0.25) is 0 Å². The zero-order valence-corrected chi connectivity index (χ0v) is 14.4. The van der Waals surface area contributed by atoms with Gasteiger partial charge in [0, 0.05) is 0 Å². The van der Waals surface area contributed by atoms with Gasteiger partial charge in [-0.15, -0.1) is 0 Å². The van der Waals surface area contributed by atoms with E-state index < -0.39 is 80.5 Å². The van der Waals surface area contributed by atoms with Crippen LogP contribution >= 0.6 is 0 Å². The number of rotatable bonds is 5. The fraction of sp³-hybridized carbons (Fsp3) is 0.545. The summed E-state index contributed by atoms with van der Waals surface area (Å²) in [5.74, 6) is -1.46. The standard InChI is InChI=1S/C9H11N2O6.C2H3O3.Y/c12-3-4-6(14)7(15)8(17-4)11-2-1-5(13)10-9(11)16;3-1-2(4)5;/h2,4,6-8,12,14-15H,3H2,(H,10,13,16);1,3H,(H,4,5);/t4-,6-,7-,8-;;/m1../s1. The first kappa shape index (κ1) is 18.4. The number of carbonyl (C=O) groups is 1. The van der Waals surface area contributed by atoms with Crippen molar-refractivity contribution in [3.05, 3.63) is 27.0 Å². The third-order valence-corrected chi connectivity index (χ3v) is 6.75. The van der Waals surface area contributed by atoms with Gasteiger partial charge in [0.15, 0.2) is 0 Å². The van der Waals surface area contributed by atoms with Crippen molar-refractivity contribution in [1.29, 1.82) is 0 Å². The van der Waals surface area contributed by atoms with E-state index in [4.69, 9.17) is 14.9 Å². The number of carboxylic acid groups (broad SMARTS) is 1. The van der Waals surface area contributed by atoms with Crippen LogP contribution in [0.3, 0.4) is 0 Å². The van der Waals surface area contributed by atoms with Crippen molar-refractivity contribution in [3.8, 4) is 0 Å². The predicted molar refractivity (Wildman–Crippen MR) is 67.6 cm³/mol. The predicted octanol–water partition coefficient (Wildman–Crippen LogP) is -4.74. The quantitative estimate of drug-likeness (QED) is 0.279. The van der Waals surface area contributed by atoms with Gasteiger partial charge in [-0.1, -0.05) is 0 Å². The van der Waals surface area contributed by atoms with Gasteiger partial charge in [0.2, 0.25) is 0 Å². The van der Waals surface area contributed by atoms with Crippen LogP contribution in [0.25, 0.3) is 0 Å². The second-order valence-electron chi connectivity index (χ2n) is 4.93. The maximum atomic E-state index is 11.9. The molecule has 0 saturated carbocycles. The molecule has 1 saturated heterocycles. The van der Waals surface area contributed by atoms with Gasteiger partial charge in [0.05, 0.1) is 0 Å². The second-order valence-corrected chi connectivity index (χ2v) is 8.83. The van der Waals surface area contributed by atoms with Gasteiger partial charge >= 0.3 is 143 Å². The SMILES string of the molecule is O=C(O)[CH](O)[Y][c]1cn([C@@H]2O[C@H](CO)[C@@H](O)[C@H]2O)c(=O)[nH]c1=O. The Morgan fingerprint density at radius 3 is 2.57 bits per heavy atom. The number of aliphatic hydroxyl groups excluding tert-OH is 4. The number of hydrogen-bond donors (Lipinski definition) is 6. The summed E-state index contributed by atoms with van der Waals surface area (Å²) in [5, 5.41) is 46.7. The summed E-state index contributed by atoms with van der Waals surface area (Å²) in [7, 11) is 0. The number of ether oxygens (including phenoxy) is 1. The molecule has 1 aromatic heterocycles. The number of aromatic nitrogens is 2. The Bertz CT molecular complexity index is 701. The number of hydrogen-bond acceptors (Lipinski definition) is 8. The molecule has 5 atom stereocenters. The molecule has 125 valence electrons. The van der Waals surface area contributed by atoms with Crippen LogP contribution in [-0.2, 0) is 38.7 Å². The zero-order chi connectivity index (χ0) is 17.3. The molecular formula is C11H14N2O9Y. The van der Waals surface area contributed by atoms with Gasteiger partial charge < -0.3 is 0 Å². The summed E-state index contributed by atoms with van der Waals surface area (Å²) in [6.45, 7) is -0.588. The molecule has 23 heavy (non-hydrogen) atoms. The summed E-state index contributed by atoms with van der Waals surface area (Å²) in [6.07, 6.45) is -4.40.